The van der Waals surface area contributed by atoms with Gasteiger partial charge < -0.3 is 9.47 Å². The van der Waals surface area contributed by atoms with E-state index in [9.17, 15) is 13.6 Å². The van der Waals surface area contributed by atoms with Crippen molar-refractivity contribution >= 4 is 17.0 Å². The number of fused-ring (bicyclic) bond motifs is 1. The topological polar surface area (TPSA) is 40.5 Å². The van der Waals surface area contributed by atoms with Crippen LogP contribution in [-0.4, -0.2) is 24.4 Å². The first kappa shape index (κ1) is 12.3. The number of ether oxygens (including phenoxy) is 2. The van der Waals surface area contributed by atoms with Gasteiger partial charge in [-0.2, -0.15) is 0 Å². The molecule has 96 valence electrons. The Morgan fingerprint density at radius 3 is 2.78 bits per heavy atom. The van der Waals surface area contributed by atoms with Crippen LogP contribution in [0.15, 0.2) is 18.3 Å². The maximum absolute atomic E-state index is 14.0. The van der Waals surface area contributed by atoms with Crippen LogP contribution in [0.4, 0.5) is 13.6 Å². The molecule has 1 heterocycles. The van der Waals surface area contributed by atoms with Gasteiger partial charge in [0.2, 0.25) is 0 Å². The molecule has 2 rings (SSSR count). The summed E-state index contributed by atoms with van der Waals surface area (Å²) in [6.45, 7) is 1.89. The number of halogens is 2. The highest BCUT2D eigenvalue weighted by Gasteiger charge is 2.19. The van der Waals surface area contributed by atoms with Crippen LogP contribution in [0.25, 0.3) is 10.9 Å². The fourth-order valence-electron chi connectivity index (χ4n) is 1.74. The normalized spacial score (nSPS) is 10.7. The molecule has 0 unspecified atom stereocenters. The molecule has 4 nitrogen and oxygen atoms in total. The lowest BCUT2D eigenvalue weighted by Gasteiger charge is -2.07. The van der Waals surface area contributed by atoms with E-state index in [-0.39, 0.29) is 23.3 Å². The summed E-state index contributed by atoms with van der Waals surface area (Å²) in [6.07, 6.45) is 0.464. The zero-order valence-corrected chi connectivity index (χ0v) is 9.87. The SMILES string of the molecule is CCOc1cc(F)c2c(ccn2C(=O)OC)c1F. The van der Waals surface area contributed by atoms with Gasteiger partial charge in [-0.3, -0.25) is 0 Å². The van der Waals surface area contributed by atoms with E-state index in [2.05, 4.69) is 4.74 Å². The first-order valence-electron chi connectivity index (χ1n) is 5.30. The van der Waals surface area contributed by atoms with Crippen molar-refractivity contribution in [2.75, 3.05) is 13.7 Å². The average molecular weight is 255 g/mol. The van der Waals surface area contributed by atoms with E-state index in [1.165, 1.54) is 12.3 Å². The number of aromatic nitrogens is 1. The molecule has 6 heteroatoms. The van der Waals surface area contributed by atoms with E-state index < -0.39 is 17.7 Å². The molecule has 0 saturated carbocycles. The molecular weight excluding hydrogens is 244 g/mol. The van der Waals surface area contributed by atoms with Gasteiger partial charge in [-0.15, -0.1) is 0 Å². The monoisotopic (exact) mass is 255 g/mol. The van der Waals surface area contributed by atoms with Gasteiger partial charge in [-0.1, -0.05) is 0 Å². The third kappa shape index (κ3) is 1.79. The summed E-state index contributed by atoms with van der Waals surface area (Å²) in [6, 6.07) is 2.22. The summed E-state index contributed by atoms with van der Waals surface area (Å²) in [7, 11) is 1.16. The van der Waals surface area contributed by atoms with E-state index in [1.807, 2.05) is 0 Å². The molecule has 1 aromatic heterocycles. The molecule has 2 aromatic rings. The number of carbonyl (C=O) groups is 1. The molecule has 0 spiro atoms. The number of benzene rings is 1. The van der Waals surface area contributed by atoms with Crippen molar-refractivity contribution in [2.45, 2.75) is 6.92 Å². The predicted molar refractivity (Wildman–Crippen MR) is 60.8 cm³/mol. The van der Waals surface area contributed by atoms with Gasteiger partial charge in [-0.05, 0) is 13.0 Å². The Bertz CT molecular complexity index is 607. The van der Waals surface area contributed by atoms with E-state index in [4.69, 9.17) is 4.74 Å². The minimum Gasteiger partial charge on any atom is -0.491 e. The van der Waals surface area contributed by atoms with Crippen molar-refractivity contribution in [2.24, 2.45) is 0 Å². The lowest BCUT2D eigenvalue weighted by Crippen LogP contribution is -2.10. The summed E-state index contributed by atoms with van der Waals surface area (Å²) >= 11 is 0. The summed E-state index contributed by atoms with van der Waals surface area (Å²) in [5.74, 6) is -1.62. The van der Waals surface area contributed by atoms with Gasteiger partial charge in [0.15, 0.2) is 17.4 Å². The van der Waals surface area contributed by atoms with Crippen molar-refractivity contribution in [1.82, 2.24) is 4.57 Å². The van der Waals surface area contributed by atoms with Crippen LogP contribution in [0.1, 0.15) is 6.92 Å². The predicted octanol–water partition coefficient (Wildman–Crippen LogP) is 2.93. The summed E-state index contributed by atoms with van der Waals surface area (Å²) in [5.41, 5.74) is -0.164. The summed E-state index contributed by atoms with van der Waals surface area (Å²) < 4.78 is 38.2. The second-order valence-electron chi connectivity index (χ2n) is 3.52. The largest absolute Gasteiger partial charge is 0.491 e. The van der Waals surface area contributed by atoms with Crippen LogP contribution in [0, 0.1) is 11.6 Å². The van der Waals surface area contributed by atoms with Crippen molar-refractivity contribution in [3.8, 4) is 5.75 Å². The van der Waals surface area contributed by atoms with Crippen molar-refractivity contribution < 1.29 is 23.0 Å². The summed E-state index contributed by atoms with van der Waals surface area (Å²) in [4.78, 5) is 11.4. The highest BCUT2D eigenvalue weighted by atomic mass is 19.1. The molecule has 0 atom stereocenters. The molecule has 0 bridgehead atoms. The van der Waals surface area contributed by atoms with Gasteiger partial charge in [0.1, 0.15) is 0 Å². The molecule has 0 aliphatic rings. The Morgan fingerprint density at radius 1 is 1.44 bits per heavy atom. The van der Waals surface area contributed by atoms with Gasteiger partial charge in [0, 0.05) is 17.6 Å². The van der Waals surface area contributed by atoms with Crippen LogP contribution in [0.2, 0.25) is 0 Å². The second kappa shape index (κ2) is 4.64. The van der Waals surface area contributed by atoms with Crippen LogP contribution in [0.5, 0.6) is 5.75 Å². The Morgan fingerprint density at radius 2 is 2.17 bits per heavy atom. The number of rotatable bonds is 2. The van der Waals surface area contributed by atoms with Crippen LogP contribution in [-0.2, 0) is 4.74 Å². The smallest absolute Gasteiger partial charge is 0.418 e. The third-order valence-corrected chi connectivity index (χ3v) is 2.49. The molecule has 0 saturated heterocycles. The van der Waals surface area contributed by atoms with Crippen LogP contribution < -0.4 is 4.74 Å². The molecule has 0 aliphatic carbocycles. The molecule has 1 aromatic carbocycles. The quantitative estimate of drug-likeness (QED) is 0.828. The number of methoxy groups -OCH3 is 1. The van der Waals surface area contributed by atoms with Crippen molar-refractivity contribution in [3.05, 3.63) is 30.0 Å². The van der Waals surface area contributed by atoms with Gasteiger partial charge in [-0.25, -0.2) is 18.1 Å². The number of hydrogen-bond acceptors (Lipinski definition) is 3. The summed E-state index contributed by atoms with van der Waals surface area (Å²) in [5, 5.41) is -0.0242. The van der Waals surface area contributed by atoms with E-state index >= 15 is 0 Å². The number of nitrogens with zero attached hydrogens (tertiary/aromatic N) is 1. The van der Waals surface area contributed by atoms with Gasteiger partial charge >= 0.3 is 6.09 Å². The number of hydrogen-bond donors (Lipinski definition) is 0. The molecular formula is C12H11F2NO3. The van der Waals surface area contributed by atoms with Crippen molar-refractivity contribution in [3.63, 3.8) is 0 Å². The molecule has 0 aliphatic heterocycles. The minimum atomic E-state index is -0.785. The average Bonchev–Trinajstić information content (AvgIpc) is 2.80. The van der Waals surface area contributed by atoms with Gasteiger partial charge in [0.05, 0.1) is 19.2 Å². The van der Waals surface area contributed by atoms with Crippen LogP contribution >= 0.6 is 0 Å². The first-order valence-corrected chi connectivity index (χ1v) is 5.30. The molecule has 18 heavy (non-hydrogen) atoms. The highest BCUT2D eigenvalue weighted by Crippen LogP contribution is 2.30. The fourth-order valence-corrected chi connectivity index (χ4v) is 1.74. The maximum Gasteiger partial charge on any atom is 0.418 e. The van der Waals surface area contributed by atoms with E-state index in [0.717, 1.165) is 17.7 Å². The lowest BCUT2D eigenvalue weighted by atomic mass is 10.2. The number of carbonyl (C=O) groups excluding carboxylic acids is 1. The maximum atomic E-state index is 14.0. The Hall–Kier alpha value is -2.11. The minimum absolute atomic E-state index is 0.0242. The molecule has 0 fully saturated rings. The zero-order chi connectivity index (χ0) is 13.3. The highest BCUT2D eigenvalue weighted by molar-refractivity contribution is 5.91. The first-order chi connectivity index (χ1) is 8.60. The molecule has 0 N–H and O–H groups in total. The Kier molecular flexibility index (Phi) is 3.18. The van der Waals surface area contributed by atoms with E-state index in [0.29, 0.717) is 0 Å². The van der Waals surface area contributed by atoms with Crippen LogP contribution in [0.3, 0.4) is 0 Å². The van der Waals surface area contributed by atoms with Crippen molar-refractivity contribution in [1.29, 1.82) is 0 Å². The lowest BCUT2D eigenvalue weighted by molar-refractivity contribution is 0.174. The fraction of sp³-hybridized carbons (Fsp3) is 0.250. The third-order valence-electron chi connectivity index (χ3n) is 2.49. The zero-order valence-electron chi connectivity index (χ0n) is 9.87. The Balaban J connectivity index is 2.70. The standard InChI is InChI=1S/C12H11F2NO3/c1-3-18-9-6-8(13)11-7(10(9)14)4-5-15(11)12(16)17-2/h4-6H,3H2,1-2H3. The Labute approximate surface area is 102 Å². The molecule has 0 amide bonds. The van der Waals surface area contributed by atoms with Gasteiger partial charge in [0.25, 0.3) is 0 Å². The second-order valence-corrected chi connectivity index (χ2v) is 3.52. The molecule has 0 radical (unpaired) electrons. The van der Waals surface area contributed by atoms with E-state index in [1.54, 1.807) is 6.92 Å².